The molecule has 132 valence electrons. The first-order chi connectivity index (χ1) is 12.2. The summed E-state index contributed by atoms with van der Waals surface area (Å²) in [5.41, 5.74) is 0.446. The highest BCUT2D eigenvalue weighted by molar-refractivity contribution is 6.24. The summed E-state index contributed by atoms with van der Waals surface area (Å²) in [6.07, 6.45) is 5.40. The van der Waals surface area contributed by atoms with Gasteiger partial charge >= 0.3 is 0 Å². The molecule has 2 aliphatic rings. The van der Waals surface area contributed by atoms with E-state index in [9.17, 15) is 19.8 Å². The maximum Gasteiger partial charge on any atom is 0.175 e. The van der Waals surface area contributed by atoms with Crippen molar-refractivity contribution >= 4 is 22.3 Å². The van der Waals surface area contributed by atoms with Gasteiger partial charge in [-0.1, -0.05) is 68.8 Å². The summed E-state index contributed by atoms with van der Waals surface area (Å²) >= 11 is 0. The fraction of sp³-hybridized carbons (Fsp3) is 0.273. The molecule has 0 amide bonds. The number of hydrogen-bond donors (Lipinski definition) is 2. The highest BCUT2D eigenvalue weighted by Crippen LogP contribution is 2.50. The average Bonchev–Trinajstić information content (AvgIpc) is 2.61. The Kier molecular flexibility index (Phi) is 3.38. The van der Waals surface area contributed by atoms with Crippen molar-refractivity contribution in [3.05, 3.63) is 59.2 Å². The number of phenolic OH excluding ortho intramolecular Hbond substituents is 2. The third-order valence-corrected chi connectivity index (χ3v) is 5.39. The quantitative estimate of drug-likeness (QED) is 0.692. The predicted octanol–water partition coefficient (Wildman–Crippen LogP) is 4.40. The smallest absolute Gasteiger partial charge is 0.175 e. The first-order valence-electron chi connectivity index (χ1n) is 8.67. The zero-order valence-electron chi connectivity index (χ0n) is 14.9. The van der Waals surface area contributed by atoms with E-state index in [1.54, 1.807) is 36.4 Å². The van der Waals surface area contributed by atoms with Crippen molar-refractivity contribution in [2.45, 2.75) is 20.8 Å². The van der Waals surface area contributed by atoms with Crippen LogP contribution in [-0.2, 0) is 0 Å². The Hall–Kier alpha value is -2.88. The highest BCUT2D eigenvalue weighted by Gasteiger charge is 2.48. The lowest BCUT2D eigenvalue weighted by atomic mass is 9.63. The van der Waals surface area contributed by atoms with Crippen molar-refractivity contribution in [3.8, 4) is 11.5 Å². The van der Waals surface area contributed by atoms with Crippen LogP contribution < -0.4 is 0 Å². The van der Waals surface area contributed by atoms with Crippen molar-refractivity contribution in [1.29, 1.82) is 0 Å². The molecule has 2 aromatic rings. The average molecular weight is 348 g/mol. The molecule has 2 aliphatic carbocycles. The summed E-state index contributed by atoms with van der Waals surface area (Å²) in [5.74, 6) is -2.39. The number of ketones is 2. The molecule has 4 heteroatoms. The van der Waals surface area contributed by atoms with E-state index in [2.05, 4.69) is 0 Å². The molecule has 0 radical (unpaired) electrons. The number of hydrogen-bond acceptors (Lipinski definition) is 4. The molecule has 2 unspecified atom stereocenters. The second kappa shape index (κ2) is 5.31. The van der Waals surface area contributed by atoms with Crippen LogP contribution in [0.25, 0.3) is 10.8 Å². The van der Waals surface area contributed by atoms with E-state index in [-0.39, 0.29) is 39.6 Å². The van der Waals surface area contributed by atoms with Gasteiger partial charge in [0, 0.05) is 10.8 Å². The Morgan fingerprint density at radius 3 is 1.96 bits per heavy atom. The van der Waals surface area contributed by atoms with E-state index in [4.69, 9.17) is 0 Å². The van der Waals surface area contributed by atoms with E-state index >= 15 is 0 Å². The topological polar surface area (TPSA) is 74.6 Å². The zero-order chi connectivity index (χ0) is 18.8. The number of carbonyl (C=O) groups excluding carboxylic acids is 2. The molecule has 0 fully saturated rings. The second-order valence-corrected chi connectivity index (χ2v) is 7.98. The van der Waals surface area contributed by atoms with Gasteiger partial charge in [-0.05, 0) is 5.41 Å². The van der Waals surface area contributed by atoms with Crippen LogP contribution in [0.1, 0.15) is 41.5 Å². The molecule has 0 saturated carbocycles. The monoisotopic (exact) mass is 348 g/mol. The van der Waals surface area contributed by atoms with Gasteiger partial charge in [0.1, 0.15) is 11.5 Å². The van der Waals surface area contributed by atoms with Gasteiger partial charge in [-0.15, -0.1) is 0 Å². The van der Waals surface area contributed by atoms with E-state index in [0.29, 0.717) is 10.8 Å². The molecular formula is C22H20O4. The summed E-state index contributed by atoms with van der Waals surface area (Å²) in [5, 5.41) is 22.2. The summed E-state index contributed by atoms with van der Waals surface area (Å²) in [7, 11) is 0. The van der Waals surface area contributed by atoms with Crippen LogP contribution in [0.3, 0.4) is 0 Å². The lowest BCUT2D eigenvalue weighted by Gasteiger charge is -2.38. The third kappa shape index (κ3) is 2.08. The SMILES string of the molecule is CC(C)(C)C1=CC=CC2C(=O)c3c(c(O)c4ccccc4c3O)C(=O)C12. The number of fused-ring (bicyclic) bond motifs is 3. The lowest BCUT2D eigenvalue weighted by molar-refractivity contribution is 0.0775. The minimum Gasteiger partial charge on any atom is -0.507 e. The van der Waals surface area contributed by atoms with Crippen LogP contribution in [0.5, 0.6) is 11.5 Å². The minimum absolute atomic E-state index is 0.0575. The predicted molar refractivity (Wildman–Crippen MR) is 99.6 cm³/mol. The number of carbonyl (C=O) groups is 2. The van der Waals surface area contributed by atoms with Gasteiger partial charge in [-0.25, -0.2) is 0 Å². The maximum absolute atomic E-state index is 13.4. The van der Waals surface area contributed by atoms with E-state index in [1.165, 1.54) is 0 Å². The van der Waals surface area contributed by atoms with E-state index in [0.717, 1.165) is 5.57 Å². The van der Waals surface area contributed by atoms with Crippen LogP contribution in [0.4, 0.5) is 0 Å². The third-order valence-electron chi connectivity index (χ3n) is 5.39. The summed E-state index contributed by atoms with van der Waals surface area (Å²) < 4.78 is 0. The lowest BCUT2D eigenvalue weighted by Crippen LogP contribution is -2.40. The number of rotatable bonds is 0. The highest BCUT2D eigenvalue weighted by atomic mass is 16.3. The van der Waals surface area contributed by atoms with Gasteiger partial charge < -0.3 is 10.2 Å². The molecule has 0 heterocycles. The van der Waals surface area contributed by atoms with Crippen LogP contribution in [-0.4, -0.2) is 21.8 Å². The number of phenols is 2. The van der Waals surface area contributed by atoms with E-state index in [1.807, 2.05) is 26.8 Å². The van der Waals surface area contributed by atoms with Crippen LogP contribution in [0, 0.1) is 17.3 Å². The van der Waals surface area contributed by atoms with Gasteiger partial charge in [-0.3, -0.25) is 9.59 Å². The summed E-state index contributed by atoms with van der Waals surface area (Å²) in [4.78, 5) is 26.6. The second-order valence-electron chi connectivity index (χ2n) is 7.98. The maximum atomic E-state index is 13.4. The first kappa shape index (κ1) is 16.6. The largest absolute Gasteiger partial charge is 0.507 e. The fourth-order valence-electron chi connectivity index (χ4n) is 4.15. The molecule has 26 heavy (non-hydrogen) atoms. The van der Waals surface area contributed by atoms with Crippen molar-refractivity contribution in [1.82, 2.24) is 0 Å². The van der Waals surface area contributed by atoms with Gasteiger partial charge in [-0.2, -0.15) is 0 Å². The van der Waals surface area contributed by atoms with Gasteiger partial charge in [0.15, 0.2) is 11.6 Å². The summed E-state index contributed by atoms with van der Waals surface area (Å²) in [6.45, 7) is 6.00. The van der Waals surface area contributed by atoms with Crippen molar-refractivity contribution < 1.29 is 19.8 Å². The van der Waals surface area contributed by atoms with Gasteiger partial charge in [0.25, 0.3) is 0 Å². The van der Waals surface area contributed by atoms with E-state index < -0.39 is 11.8 Å². The Morgan fingerprint density at radius 2 is 1.42 bits per heavy atom. The van der Waals surface area contributed by atoms with Gasteiger partial charge in [0.2, 0.25) is 0 Å². The van der Waals surface area contributed by atoms with Gasteiger partial charge in [0.05, 0.1) is 23.0 Å². The molecule has 0 saturated heterocycles. The molecular weight excluding hydrogens is 328 g/mol. The number of allylic oxidation sites excluding steroid dienone is 4. The number of benzene rings is 2. The van der Waals surface area contributed by atoms with Crippen LogP contribution in [0.2, 0.25) is 0 Å². The molecule has 0 bridgehead atoms. The molecule has 4 rings (SSSR count). The molecule has 0 aliphatic heterocycles. The molecule has 0 spiro atoms. The minimum atomic E-state index is -0.652. The Labute approximate surface area is 151 Å². The Bertz CT molecular complexity index is 1030. The fourth-order valence-corrected chi connectivity index (χ4v) is 4.15. The summed E-state index contributed by atoms with van der Waals surface area (Å²) in [6, 6.07) is 6.70. The molecule has 0 aromatic heterocycles. The molecule has 2 aromatic carbocycles. The molecule has 2 atom stereocenters. The number of aromatic hydroxyl groups is 2. The van der Waals surface area contributed by atoms with Crippen molar-refractivity contribution in [2.24, 2.45) is 17.3 Å². The first-order valence-corrected chi connectivity index (χ1v) is 8.67. The molecule has 4 nitrogen and oxygen atoms in total. The standard InChI is InChI=1S/C22H20O4/c1-22(2,3)14-10-6-9-13-15(14)21(26)17-16(20(13)25)18(23)11-7-4-5-8-12(11)19(17)24/h4-10,13,15,23-24H,1-3H3. The Morgan fingerprint density at radius 1 is 0.885 bits per heavy atom. The van der Waals surface area contributed by atoms with Crippen molar-refractivity contribution in [2.75, 3.05) is 0 Å². The normalized spacial score (nSPS) is 22.2. The Balaban J connectivity index is 2.05. The number of Topliss-reactive ketones (excluding diaryl/α,β-unsaturated/α-hetero) is 2. The van der Waals surface area contributed by atoms with Crippen LogP contribution >= 0.6 is 0 Å². The van der Waals surface area contributed by atoms with Crippen molar-refractivity contribution in [3.63, 3.8) is 0 Å². The molecule has 2 N–H and O–H groups in total. The zero-order valence-corrected chi connectivity index (χ0v) is 14.9. The van der Waals surface area contributed by atoms with Crippen LogP contribution in [0.15, 0.2) is 48.1 Å².